The van der Waals surface area contributed by atoms with E-state index in [1.54, 1.807) is 23.1 Å². The normalized spacial score (nSPS) is 16.0. The fourth-order valence-electron chi connectivity index (χ4n) is 3.68. The van der Waals surface area contributed by atoms with Gasteiger partial charge in [-0.25, -0.2) is 14.1 Å². The Morgan fingerprint density at radius 1 is 1.03 bits per heavy atom. The molecule has 146 valence electrons. The zero-order valence-electron chi connectivity index (χ0n) is 15.7. The maximum atomic E-state index is 13.2. The molecule has 1 aliphatic rings. The number of nitrogens with one attached hydrogen (secondary N) is 1. The second-order valence-electron chi connectivity index (χ2n) is 7.18. The van der Waals surface area contributed by atoms with E-state index in [0.29, 0.717) is 6.04 Å². The van der Waals surface area contributed by atoms with Gasteiger partial charge in [0, 0.05) is 31.1 Å². The summed E-state index contributed by atoms with van der Waals surface area (Å²) in [4.78, 5) is 3.97. The van der Waals surface area contributed by atoms with Crippen LogP contribution in [0.5, 0.6) is 0 Å². The molecule has 0 fully saturated rings. The molecule has 1 unspecified atom stereocenters. The highest BCUT2D eigenvalue weighted by molar-refractivity contribution is 5.55. The van der Waals surface area contributed by atoms with Crippen molar-refractivity contribution in [2.45, 2.75) is 32.0 Å². The molecule has 0 spiro atoms. The quantitative estimate of drug-likeness (QED) is 0.568. The van der Waals surface area contributed by atoms with Gasteiger partial charge in [0.05, 0.1) is 5.69 Å². The van der Waals surface area contributed by atoms with E-state index in [-0.39, 0.29) is 5.82 Å². The lowest BCUT2D eigenvalue weighted by atomic mass is 10.1. The summed E-state index contributed by atoms with van der Waals surface area (Å²) < 4.78 is 17.1. The van der Waals surface area contributed by atoms with Crippen LogP contribution in [-0.4, -0.2) is 35.6 Å². The Bertz CT molecular complexity index is 1090. The Morgan fingerprint density at radius 2 is 1.86 bits per heavy atom. The van der Waals surface area contributed by atoms with Crippen LogP contribution >= 0.6 is 0 Å². The molecule has 5 rings (SSSR count). The molecule has 1 N–H and O–H groups in total. The third-order valence-corrected chi connectivity index (χ3v) is 5.26. The zero-order chi connectivity index (χ0) is 19.6. The maximum absolute atomic E-state index is 13.2. The summed E-state index contributed by atoms with van der Waals surface area (Å²) in [5, 5.41) is 16.4. The molecule has 29 heavy (non-hydrogen) atoms. The lowest BCUT2D eigenvalue weighted by Gasteiger charge is -2.25. The number of aromatic nitrogens is 6. The van der Waals surface area contributed by atoms with Crippen molar-refractivity contribution in [1.82, 2.24) is 34.8 Å². The number of rotatable bonds is 5. The van der Waals surface area contributed by atoms with E-state index in [4.69, 9.17) is 0 Å². The summed E-state index contributed by atoms with van der Waals surface area (Å²) in [6, 6.07) is 15.0. The molecule has 0 aliphatic carbocycles. The smallest absolute Gasteiger partial charge is 0.164 e. The Morgan fingerprint density at radius 3 is 2.62 bits per heavy atom. The van der Waals surface area contributed by atoms with Gasteiger partial charge in [0.1, 0.15) is 24.3 Å². The zero-order valence-corrected chi connectivity index (χ0v) is 15.7. The van der Waals surface area contributed by atoms with E-state index in [1.807, 2.05) is 12.1 Å². The Balaban J connectivity index is 1.25. The summed E-state index contributed by atoms with van der Waals surface area (Å²) in [5.41, 5.74) is 3.08. The first kappa shape index (κ1) is 17.7. The molecular formula is C21H20FN7. The number of hydrogen-bond donors (Lipinski definition) is 1. The van der Waals surface area contributed by atoms with E-state index >= 15 is 0 Å². The average molecular weight is 389 g/mol. The minimum absolute atomic E-state index is 0.249. The first-order valence-corrected chi connectivity index (χ1v) is 9.61. The van der Waals surface area contributed by atoms with Crippen molar-refractivity contribution in [3.63, 3.8) is 0 Å². The first-order valence-electron chi connectivity index (χ1n) is 9.61. The monoisotopic (exact) mass is 389 g/mol. The SMILES string of the molecule is Fc1ccc(-c2nnc3n2CC(NCc2ccc(-n4cncn4)cc2)CC3)cc1. The molecule has 4 aromatic rings. The lowest BCUT2D eigenvalue weighted by Crippen LogP contribution is -2.37. The molecule has 0 amide bonds. The summed E-state index contributed by atoms with van der Waals surface area (Å²) in [6.45, 7) is 1.58. The fourth-order valence-corrected chi connectivity index (χ4v) is 3.68. The molecule has 1 aliphatic heterocycles. The van der Waals surface area contributed by atoms with Gasteiger partial charge in [-0.1, -0.05) is 12.1 Å². The second-order valence-corrected chi connectivity index (χ2v) is 7.18. The molecular weight excluding hydrogens is 369 g/mol. The highest BCUT2D eigenvalue weighted by atomic mass is 19.1. The fraction of sp³-hybridized carbons (Fsp3) is 0.238. The first-order chi connectivity index (χ1) is 14.3. The van der Waals surface area contributed by atoms with Crippen molar-refractivity contribution in [3.05, 3.63) is 78.4 Å². The van der Waals surface area contributed by atoms with Gasteiger partial charge in [0.15, 0.2) is 5.82 Å². The highest BCUT2D eigenvalue weighted by Gasteiger charge is 2.23. The van der Waals surface area contributed by atoms with Gasteiger partial charge in [-0.05, 0) is 48.4 Å². The number of benzene rings is 2. The van der Waals surface area contributed by atoms with Gasteiger partial charge < -0.3 is 9.88 Å². The minimum Gasteiger partial charge on any atom is -0.309 e. The van der Waals surface area contributed by atoms with Crippen molar-refractivity contribution in [2.75, 3.05) is 0 Å². The topological polar surface area (TPSA) is 73.5 Å². The van der Waals surface area contributed by atoms with Crippen LogP contribution in [0.1, 0.15) is 17.8 Å². The van der Waals surface area contributed by atoms with Crippen molar-refractivity contribution in [2.24, 2.45) is 0 Å². The summed E-state index contributed by atoms with van der Waals surface area (Å²) in [6.07, 6.45) is 5.10. The number of nitrogens with zero attached hydrogens (tertiary/aromatic N) is 6. The van der Waals surface area contributed by atoms with Crippen molar-refractivity contribution >= 4 is 0 Å². The van der Waals surface area contributed by atoms with E-state index in [2.05, 4.69) is 42.3 Å². The predicted octanol–water partition coefficient (Wildman–Crippen LogP) is 2.77. The van der Waals surface area contributed by atoms with Crippen LogP contribution in [0, 0.1) is 5.82 Å². The molecule has 2 aromatic heterocycles. The van der Waals surface area contributed by atoms with Crippen LogP contribution in [0.2, 0.25) is 0 Å². The molecule has 8 heteroatoms. The number of fused-ring (bicyclic) bond motifs is 1. The Labute approximate surface area is 167 Å². The lowest BCUT2D eigenvalue weighted by molar-refractivity contribution is 0.381. The molecule has 1 atom stereocenters. The van der Waals surface area contributed by atoms with Crippen LogP contribution in [0.3, 0.4) is 0 Å². The second kappa shape index (κ2) is 7.56. The predicted molar refractivity (Wildman–Crippen MR) is 106 cm³/mol. The van der Waals surface area contributed by atoms with Crippen molar-refractivity contribution < 1.29 is 4.39 Å². The summed E-state index contributed by atoms with van der Waals surface area (Å²) in [7, 11) is 0. The third kappa shape index (κ3) is 3.66. The average Bonchev–Trinajstić information content (AvgIpc) is 3.43. The molecule has 2 aromatic carbocycles. The van der Waals surface area contributed by atoms with Crippen LogP contribution in [0.15, 0.2) is 61.2 Å². The molecule has 7 nitrogen and oxygen atoms in total. The van der Waals surface area contributed by atoms with Crippen molar-refractivity contribution in [1.29, 1.82) is 0 Å². The van der Waals surface area contributed by atoms with Gasteiger partial charge >= 0.3 is 0 Å². The van der Waals surface area contributed by atoms with Gasteiger partial charge in [0.2, 0.25) is 0 Å². The van der Waals surface area contributed by atoms with E-state index < -0.39 is 0 Å². The summed E-state index contributed by atoms with van der Waals surface area (Å²) in [5.74, 6) is 1.53. The van der Waals surface area contributed by atoms with Gasteiger partial charge in [-0.15, -0.1) is 10.2 Å². The Kier molecular flexibility index (Phi) is 4.61. The van der Waals surface area contributed by atoms with Gasteiger partial charge in [-0.2, -0.15) is 5.10 Å². The molecule has 0 bridgehead atoms. The molecule has 0 radical (unpaired) electrons. The van der Waals surface area contributed by atoms with Crippen LogP contribution in [0.25, 0.3) is 17.1 Å². The largest absolute Gasteiger partial charge is 0.309 e. The van der Waals surface area contributed by atoms with Gasteiger partial charge in [-0.3, -0.25) is 0 Å². The van der Waals surface area contributed by atoms with E-state index in [1.165, 1.54) is 24.0 Å². The van der Waals surface area contributed by atoms with Crippen LogP contribution < -0.4 is 5.32 Å². The number of halogens is 1. The molecule has 3 heterocycles. The van der Waals surface area contributed by atoms with Crippen LogP contribution in [0.4, 0.5) is 4.39 Å². The Hall–Kier alpha value is -3.39. The third-order valence-electron chi connectivity index (χ3n) is 5.26. The number of aryl methyl sites for hydroxylation is 1. The van der Waals surface area contributed by atoms with Crippen LogP contribution in [-0.2, 0) is 19.5 Å². The van der Waals surface area contributed by atoms with E-state index in [0.717, 1.165) is 48.8 Å². The van der Waals surface area contributed by atoms with Gasteiger partial charge in [0.25, 0.3) is 0 Å². The highest BCUT2D eigenvalue weighted by Crippen LogP contribution is 2.23. The summed E-state index contributed by atoms with van der Waals surface area (Å²) >= 11 is 0. The molecule has 0 saturated carbocycles. The standard InChI is InChI=1S/C21H20FN7/c22-17-5-3-16(4-6-17)21-27-26-20-10-7-18(12-28(20)21)24-11-15-1-8-19(9-2-15)29-14-23-13-25-29/h1-6,8-9,13-14,18,24H,7,10-12H2. The van der Waals surface area contributed by atoms with Crippen molar-refractivity contribution in [3.8, 4) is 17.1 Å². The minimum atomic E-state index is -0.249. The number of hydrogen-bond acceptors (Lipinski definition) is 5. The molecule has 0 saturated heterocycles. The maximum Gasteiger partial charge on any atom is 0.164 e. The van der Waals surface area contributed by atoms with E-state index in [9.17, 15) is 4.39 Å².